The Bertz CT molecular complexity index is 993. The quantitative estimate of drug-likeness (QED) is 0.715. The van der Waals surface area contributed by atoms with Crippen molar-refractivity contribution in [1.29, 1.82) is 0 Å². The van der Waals surface area contributed by atoms with Crippen molar-refractivity contribution < 1.29 is 4.79 Å². The van der Waals surface area contributed by atoms with Gasteiger partial charge in [0.1, 0.15) is 6.33 Å². The topological polar surface area (TPSA) is 92.3 Å². The molecule has 0 aromatic carbocycles. The molecule has 0 fully saturated rings. The molecule has 1 amide bonds. The van der Waals surface area contributed by atoms with E-state index in [9.17, 15) is 4.79 Å². The van der Waals surface area contributed by atoms with Crippen molar-refractivity contribution in [1.82, 2.24) is 9.97 Å². The van der Waals surface area contributed by atoms with Gasteiger partial charge < -0.3 is 0 Å². The van der Waals surface area contributed by atoms with Crippen LogP contribution in [0.25, 0.3) is 5.57 Å². The first-order valence-electron chi connectivity index (χ1n) is 7.55. The zero-order valence-electron chi connectivity index (χ0n) is 13.2. The molecule has 1 aromatic rings. The first-order chi connectivity index (χ1) is 12.3. The molecule has 0 unspecified atom stereocenters. The highest BCUT2D eigenvalue weighted by Gasteiger charge is 2.08. The lowest BCUT2D eigenvalue weighted by Gasteiger charge is -1.90. The van der Waals surface area contributed by atoms with Crippen molar-refractivity contribution >= 4 is 35.9 Å². The summed E-state index contributed by atoms with van der Waals surface area (Å²) in [4.78, 5) is 36.4. The van der Waals surface area contributed by atoms with Crippen molar-refractivity contribution in [3.05, 3.63) is 65.9 Å². The van der Waals surface area contributed by atoms with Crippen molar-refractivity contribution in [2.75, 3.05) is 0 Å². The predicted octanol–water partition coefficient (Wildman–Crippen LogP) is 1.17. The smallest absolute Gasteiger partial charge is 0.249 e. The number of nitrogens with zero attached hydrogens (tertiary/aromatic N) is 6. The maximum Gasteiger partial charge on any atom is 0.249 e. The second kappa shape index (κ2) is 8.30. The fraction of sp³-hybridized carbons (Fsp3) is 0.0556. The zero-order chi connectivity index (χ0) is 17.3. The second-order valence-corrected chi connectivity index (χ2v) is 4.89. The highest BCUT2D eigenvalue weighted by atomic mass is 16.1. The van der Waals surface area contributed by atoms with Gasteiger partial charge in [-0.15, -0.1) is 0 Å². The maximum absolute atomic E-state index is 11.5. The molecule has 122 valence electrons. The van der Waals surface area contributed by atoms with Crippen molar-refractivity contribution in [3.8, 4) is 0 Å². The number of hydrogen-bond donors (Lipinski definition) is 0. The van der Waals surface area contributed by atoms with Crippen LogP contribution in [0.2, 0.25) is 0 Å². The van der Waals surface area contributed by atoms with Gasteiger partial charge in [0, 0.05) is 43.0 Å². The SMILES string of the molecule is O=C1C/C=C/C=C/C=C/N=c2/ncnc3c2=C(C=N3)/C=N/C=C/C=N/1. The standard InChI is InChI=1S/C18H14N6O/c25-15-7-4-2-1-3-5-9-21-17-16-14(11-19-8-6-10-20-15)12-22-18(16)24-13-23-17/h1-6,8-13H,7H2/b3-1+,4-2+,8-6+,9-5+,19-11+,20-10+,21-17+. The lowest BCUT2D eigenvalue weighted by atomic mass is 10.2. The molecule has 7 nitrogen and oxygen atoms in total. The van der Waals surface area contributed by atoms with Gasteiger partial charge in [-0.3, -0.25) is 9.79 Å². The van der Waals surface area contributed by atoms with Gasteiger partial charge in [0.25, 0.3) is 0 Å². The Balaban J connectivity index is 2.03. The maximum atomic E-state index is 11.5. The molecule has 0 atom stereocenters. The molecule has 0 radical (unpaired) electrons. The van der Waals surface area contributed by atoms with Gasteiger partial charge in [0.05, 0.1) is 5.22 Å². The summed E-state index contributed by atoms with van der Waals surface area (Å²) < 4.78 is 0. The van der Waals surface area contributed by atoms with Crippen LogP contribution in [0.1, 0.15) is 6.42 Å². The van der Waals surface area contributed by atoms with Gasteiger partial charge in [-0.25, -0.2) is 24.9 Å². The number of amides is 1. The van der Waals surface area contributed by atoms with Crippen LogP contribution in [0.5, 0.6) is 0 Å². The summed E-state index contributed by atoms with van der Waals surface area (Å²) in [5, 5.41) is 0.734. The Morgan fingerprint density at radius 1 is 0.880 bits per heavy atom. The molecule has 25 heavy (non-hydrogen) atoms. The molecule has 0 aliphatic carbocycles. The molecule has 0 saturated carbocycles. The third-order valence-electron chi connectivity index (χ3n) is 3.16. The van der Waals surface area contributed by atoms with Crippen LogP contribution in [-0.2, 0) is 4.79 Å². The van der Waals surface area contributed by atoms with Gasteiger partial charge in [0.2, 0.25) is 5.91 Å². The molecule has 2 aliphatic heterocycles. The molecule has 3 heterocycles. The Morgan fingerprint density at radius 3 is 2.76 bits per heavy atom. The van der Waals surface area contributed by atoms with E-state index in [2.05, 4.69) is 29.9 Å². The lowest BCUT2D eigenvalue weighted by molar-refractivity contribution is -0.116. The molecule has 7 heteroatoms. The Hall–Kier alpha value is -3.61. The molecule has 1 aromatic heterocycles. The molecule has 2 aliphatic rings. The fourth-order valence-corrected chi connectivity index (χ4v) is 2.04. The molecular weight excluding hydrogens is 316 g/mol. The van der Waals surface area contributed by atoms with Crippen molar-refractivity contribution in [3.63, 3.8) is 0 Å². The normalized spacial score (nSPS) is 25.7. The summed E-state index contributed by atoms with van der Waals surface area (Å²) in [7, 11) is 0. The molecule has 0 spiro atoms. The first kappa shape index (κ1) is 16.3. The molecule has 0 bridgehead atoms. The van der Waals surface area contributed by atoms with Crippen molar-refractivity contribution in [2.45, 2.75) is 6.42 Å². The van der Waals surface area contributed by atoms with Crippen molar-refractivity contribution in [2.24, 2.45) is 20.0 Å². The summed E-state index contributed by atoms with van der Waals surface area (Å²) in [6.45, 7) is 0. The Labute approximate surface area is 143 Å². The van der Waals surface area contributed by atoms with Crippen LogP contribution in [0.15, 0.2) is 75.2 Å². The van der Waals surface area contributed by atoms with E-state index in [1.54, 1.807) is 42.9 Å². The minimum Gasteiger partial charge on any atom is -0.272 e. The number of hydrogen-bond acceptors (Lipinski definition) is 6. The van der Waals surface area contributed by atoms with Gasteiger partial charge in [0.15, 0.2) is 11.3 Å². The highest BCUT2D eigenvalue weighted by Crippen LogP contribution is 2.04. The number of aliphatic imine (C=N–C) groups is 3. The van der Waals surface area contributed by atoms with E-state index in [1.165, 1.54) is 18.7 Å². The highest BCUT2D eigenvalue weighted by molar-refractivity contribution is 6.30. The molecular formula is C18H14N6O. The second-order valence-electron chi connectivity index (χ2n) is 4.89. The fourth-order valence-electron chi connectivity index (χ4n) is 2.04. The average Bonchev–Trinajstić information content (AvgIpc) is 3.03. The third kappa shape index (κ3) is 4.44. The van der Waals surface area contributed by atoms with E-state index in [0.717, 1.165) is 10.8 Å². The average molecular weight is 330 g/mol. The molecule has 3 rings (SSSR count). The van der Waals surface area contributed by atoms with E-state index < -0.39 is 0 Å². The number of rotatable bonds is 0. The van der Waals surface area contributed by atoms with E-state index in [1.807, 2.05) is 12.2 Å². The summed E-state index contributed by atoms with van der Waals surface area (Å²) in [5.74, 6) is 0.338. The van der Waals surface area contributed by atoms with Crippen LogP contribution in [0.4, 0.5) is 5.82 Å². The van der Waals surface area contributed by atoms with E-state index in [-0.39, 0.29) is 12.3 Å². The number of allylic oxidation sites excluding steroid dienone is 5. The summed E-state index contributed by atoms with van der Waals surface area (Å²) in [6.07, 6.45) is 20.1. The van der Waals surface area contributed by atoms with Gasteiger partial charge in [-0.05, 0) is 12.2 Å². The predicted molar refractivity (Wildman–Crippen MR) is 97.5 cm³/mol. The van der Waals surface area contributed by atoms with Gasteiger partial charge >= 0.3 is 0 Å². The van der Waals surface area contributed by atoms with Crippen LogP contribution in [-0.4, -0.2) is 34.5 Å². The largest absolute Gasteiger partial charge is 0.272 e. The number of carbonyl (C=O) groups excluding carboxylic acids is 1. The van der Waals surface area contributed by atoms with Crippen LogP contribution >= 0.6 is 0 Å². The van der Waals surface area contributed by atoms with Crippen LogP contribution < -0.4 is 10.7 Å². The number of carbonyl (C=O) groups is 1. The molecule has 0 saturated heterocycles. The first-order valence-corrected chi connectivity index (χ1v) is 7.55. The zero-order valence-corrected chi connectivity index (χ0v) is 13.2. The third-order valence-corrected chi connectivity index (χ3v) is 3.16. The van der Waals surface area contributed by atoms with E-state index in [0.29, 0.717) is 11.3 Å². The monoisotopic (exact) mass is 330 g/mol. The summed E-state index contributed by atoms with van der Waals surface area (Å²) >= 11 is 0. The molecule has 0 N–H and O–H groups in total. The minimum atomic E-state index is -0.224. The van der Waals surface area contributed by atoms with E-state index in [4.69, 9.17) is 0 Å². The minimum absolute atomic E-state index is 0.224. The Kier molecular flexibility index (Phi) is 5.40. The summed E-state index contributed by atoms with van der Waals surface area (Å²) in [5.41, 5.74) is 1.29. The lowest BCUT2D eigenvalue weighted by Crippen LogP contribution is -2.30. The van der Waals surface area contributed by atoms with E-state index >= 15 is 0 Å². The van der Waals surface area contributed by atoms with Gasteiger partial charge in [-0.2, -0.15) is 0 Å². The van der Waals surface area contributed by atoms with Gasteiger partial charge in [-0.1, -0.05) is 24.3 Å². The van der Waals surface area contributed by atoms with Crippen LogP contribution in [0.3, 0.4) is 0 Å². The number of aromatic nitrogens is 2. The van der Waals surface area contributed by atoms with Crippen LogP contribution in [0, 0.1) is 0 Å². The summed E-state index contributed by atoms with van der Waals surface area (Å²) in [6, 6.07) is 0. The Morgan fingerprint density at radius 2 is 1.80 bits per heavy atom.